The van der Waals surface area contributed by atoms with E-state index >= 15 is 0 Å². The summed E-state index contributed by atoms with van der Waals surface area (Å²) >= 11 is 0. The Hall–Kier alpha value is -1.39. The van der Waals surface area contributed by atoms with Crippen LogP contribution in [0.2, 0.25) is 0 Å². The van der Waals surface area contributed by atoms with Crippen LogP contribution in [0.25, 0.3) is 0 Å². The molecule has 0 saturated carbocycles. The molecule has 0 aliphatic carbocycles. The number of anilines is 1. The standard InChI is InChI=1S/C15H21NO3/c1-2-14(17)12-3-5-13(6-4-12)16-11-15(18)7-9-19-10-8-15/h3-6,16,18H,2,7-11H2,1H3. The molecule has 1 saturated heterocycles. The number of carbonyl (C=O) groups excluding carboxylic acids is 1. The van der Waals surface area contributed by atoms with E-state index in [0.29, 0.717) is 39.0 Å². The minimum absolute atomic E-state index is 0.148. The third kappa shape index (κ3) is 3.78. The predicted molar refractivity (Wildman–Crippen MR) is 74.6 cm³/mol. The molecule has 4 nitrogen and oxygen atoms in total. The van der Waals surface area contributed by atoms with E-state index in [2.05, 4.69) is 5.32 Å². The van der Waals surface area contributed by atoms with Crippen LogP contribution in [0, 0.1) is 0 Å². The van der Waals surface area contributed by atoms with Crippen molar-refractivity contribution in [3.63, 3.8) is 0 Å². The summed E-state index contributed by atoms with van der Waals surface area (Å²) in [5.74, 6) is 0.148. The average Bonchev–Trinajstić information content (AvgIpc) is 2.46. The lowest BCUT2D eigenvalue weighted by molar-refractivity contribution is -0.0543. The topological polar surface area (TPSA) is 58.6 Å². The summed E-state index contributed by atoms with van der Waals surface area (Å²) < 4.78 is 5.25. The van der Waals surface area contributed by atoms with Crippen molar-refractivity contribution in [3.8, 4) is 0 Å². The van der Waals surface area contributed by atoms with Crippen LogP contribution < -0.4 is 5.32 Å². The van der Waals surface area contributed by atoms with Crippen LogP contribution in [0.4, 0.5) is 5.69 Å². The van der Waals surface area contributed by atoms with Crippen molar-refractivity contribution in [2.45, 2.75) is 31.8 Å². The van der Waals surface area contributed by atoms with Crippen molar-refractivity contribution >= 4 is 11.5 Å². The zero-order valence-electron chi connectivity index (χ0n) is 11.3. The van der Waals surface area contributed by atoms with Gasteiger partial charge in [0.05, 0.1) is 5.60 Å². The second kappa shape index (κ2) is 6.17. The van der Waals surface area contributed by atoms with Crippen molar-refractivity contribution in [3.05, 3.63) is 29.8 Å². The van der Waals surface area contributed by atoms with Gasteiger partial charge in [0.2, 0.25) is 0 Å². The van der Waals surface area contributed by atoms with Crippen LogP contribution in [0.3, 0.4) is 0 Å². The maximum atomic E-state index is 11.5. The van der Waals surface area contributed by atoms with Gasteiger partial charge >= 0.3 is 0 Å². The predicted octanol–water partition coefficient (Wildman–Crippen LogP) is 2.23. The van der Waals surface area contributed by atoms with Gasteiger partial charge in [0.25, 0.3) is 0 Å². The first kappa shape index (κ1) is 14.0. The molecule has 2 N–H and O–H groups in total. The number of hydrogen-bond acceptors (Lipinski definition) is 4. The molecule has 0 unspecified atom stereocenters. The number of nitrogens with one attached hydrogen (secondary N) is 1. The number of benzene rings is 1. The van der Waals surface area contributed by atoms with E-state index in [-0.39, 0.29) is 5.78 Å². The van der Waals surface area contributed by atoms with Crippen LogP contribution in [-0.4, -0.2) is 36.2 Å². The number of Topliss-reactive ketones (excluding diaryl/α,β-unsaturated/α-hetero) is 1. The van der Waals surface area contributed by atoms with Gasteiger partial charge in [-0.2, -0.15) is 0 Å². The maximum Gasteiger partial charge on any atom is 0.162 e. The Kier molecular flexibility index (Phi) is 4.56. The van der Waals surface area contributed by atoms with Crippen LogP contribution in [0.1, 0.15) is 36.5 Å². The zero-order chi connectivity index (χ0) is 13.7. The van der Waals surface area contributed by atoms with E-state index in [4.69, 9.17) is 4.74 Å². The fraction of sp³-hybridized carbons (Fsp3) is 0.533. The van der Waals surface area contributed by atoms with Crippen molar-refractivity contribution in [1.82, 2.24) is 0 Å². The van der Waals surface area contributed by atoms with Crippen molar-refractivity contribution in [2.75, 3.05) is 25.1 Å². The molecule has 0 atom stereocenters. The summed E-state index contributed by atoms with van der Waals surface area (Å²) in [4.78, 5) is 11.5. The van der Waals surface area contributed by atoms with Crippen molar-refractivity contribution < 1.29 is 14.6 Å². The van der Waals surface area contributed by atoms with Gasteiger partial charge in [-0.1, -0.05) is 6.92 Å². The van der Waals surface area contributed by atoms with E-state index in [1.54, 1.807) is 0 Å². The molecule has 1 fully saturated rings. The minimum Gasteiger partial charge on any atom is -0.388 e. The summed E-state index contributed by atoms with van der Waals surface area (Å²) in [5.41, 5.74) is 0.973. The second-order valence-electron chi connectivity index (χ2n) is 5.04. The number of aliphatic hydroxyl groups is 1. The second-order valence-corrected chi connectivity index (χ2v) is 5.04. The van der Waals surface area contributed by atoms with E-state index in [1.807, 2.05) is 31.2 Å². The van der Waals surface area contributed by atoms with Gasteiger partial charge in [0.15, 0.2) is 5.78 Å². The van der Waals surface area contributed by atoms with Crippen molar-refractivity contribution in [2.24, 2.45) is 0 Å². The molecule has 0 bridgehead atoms. The van der Waals surface area contributed by atoms with Crippen LogP contribution >= 0.6 is 0 Å². The molecular formula is C15H21NO3. The Morgan fingerprint density at radius 1 is 1.32 bits per heavy atom. The molecule has 2 rings (SSSR count). The molecule has 1 aliphatic rings. The smallest absolute Gasteiger partial charge is 0.162 e. The first-order valence-corrected chi connectivity index (χ1v) is 6.80. The molecule has 1 aromatic rings. The number of rotatable bonds is 5. The number of carbonyl (C=O) groups is 1. The van der Waals surface area contributed by atoms with E-state index in [9.17, 15) is 9.90 Å². The summed E-state index contributed by atoms with van der Waals surface area (Å²) in [5, 5.41) is 13.5. The lowest BCUT2D eigenvalue weighted by atomic mass is 9.94. The highest BCUT2D eigenvalue weighted by atomic mass is 16.5. The third-order valence-electron chi connectivity index (χ3n) is 3.57. The largest absolute Gasteiger partial charge is 0.388 e. The Balaban J connectivity index is 1.91. The lowest BCUT2D eigenvalue weighted by Crippen LogP contribution is -2.42. The molecule has 1 aliphatic heterocycles. The average molecular weight is 263 g/mol. The van der Waals surface area contributed by atoms with E-state index < -0.39 is 5.60 Å². The van der Waals surface area contributed by atoms with E-state index in [0.717, 1.165) is 11.3 Å². The fourth-order valence-corrected chi connectivity index (χ4v) is 2.17. The molecular weight excluding hydrogens is 242 g/mol. The monoisotopic (exact) mass is 263 g/mol. The molecule has 4 heteroatoms. The quantitative estimate of drug-likeness (QED) is 0.800. The highest BCUT2D eigenvalue weighted by molar-refractivity contribution is 5.96. The number of ketones is 1. The molecule has 0 spiro atoms. The number of hydrogen-bond donors (Lipinski definition) is 2. The van der Waals surface area contributed by atoms with Crippen molar-refractivity contribution in [1.29, 1.82) is 0 Å². The molecule has 104 valence electrons. The summed E-state index contributed by atoms with van der Waals surface area (Å²) in [6.45, 7) is 3.59. The van der Waals surface area contributed by atoms with E-state index in [1.165, 1.54) is 0 Å². The van der Waals surface area contributed by atoms with Gasteiger partial charge in [-0.25, -0.2) is 0 Å². The molecule has 0 radical (unpaired) electrons. The first-order valence-electron chi connectivity index (χ1n) is 6.80. The molecule has 0 aromatic heterocycles. The molecule has 0 amide bonds. The van der Waals surface area contributed by atoms with Crippen LogP contribution in [0.5, 0.6) is 0 Å². The highest BCUT2D eigenvalue weighted by Crippen LogP contribution is 2.21. The first-order chi connectivity index (χ1) is 9.13. The van der Waals surface area contributed by atoms with Gasteiger partial charge < -0.3 is 15.2 Å². The summed E-state index contributed by atoms with van der Waals surface area (Å²) in [6.07, 6.45) is 1.84. The summed E-state index contributed by atoms with van der Waals surface area (Å²) in [7, 11) is 0. The lowest BCUT2D eigenvalue weighted by Gasteiger charge is -2.32. The highest BCUT2D eigenvalue weighted by Gasteiger charge is 2.29. The van der Waals surface area contributed by atoms with Gasteiger partial charge in [0, 0.05) is 50.3 Å². The Morgan fingerprint density at radius 3 is 2.53 bits per heavy atom. The number of ether oxygens (including phenoxy) is 1. The van der Waals surface area contributed by atoms with Gasteiger partial charge in [0.1, 0.15) is 0 Å². The van der Waals surface area contributed by atoms with Crippen LogP contribution in [-0.2, 0) is 4.74 Å². The Bertz CT molecular complexity index is 422. The zero-order valence-corrected chi connectivity index (χ0v) is 11.3. The Morgan fingerprint density at radius 2 is 1.95 bits per heavy atom. The van der Waals surface area contributed by atoms with Gasteiger partial charge in [-0.3, -0.25) is 4.79 Å². The SMILES string of the molecule is CCC(=O)c1ccc(NCC2(O)CCOCC2)cc1. The van der Waals surface area contributed by atoms with Crippen LogP contribution in [0.15, 0.2) is 24.3 Å². The van der Waals surface area contributed by atoms with Gasteiger partial charge in [-0.15, -0.1) is 0 Å². The summed E-state index contributed by atoms with van der Waals surface area (Å²) in [6, 6.07) is 7.40. The maximum absolute atomic E-state index is 11.5. The molecule has 19 heavy (non-hydrogen) atoms. The fourth-order valence-electron chi connectivity index (χ4n) is 2.17. The van der Waals surface area contributed by atoms with Gasteiger partial charge in [-0.05, 0) is 24.3 Å². The normalized spacial score (nSPS) is 18.0. The Labute approximate surface area is 113 Å². The molecule has 1 heterocycles. The molecule has 1 aromatic carbocycles. The minimum atomic E-state index is -0.684. The third-order valence-corrected chi connectivity index (χ3v) is 3.57.